The molecule has 0 aromatic rings. The Balaban J connectivity index is 1.66. The van der Waals surface area contributed by atoms with Gasteiger partial charge in [-0.25, -0.2) is 0 Å². The highest BCUT2D eigenvalue weighted by Gasteiger charge is 2.24. The Morgan fingerprint density at radius 1 is 1.14 bits per heavy atom. The third-order valence-electron chi connectivity index (χ3n) is 4.93. The van der Waals surface area contributed by atoms with Crippen molar-refractivity contribution in [3.63, 3.8) is 0 Å². The molecule has 1 saturated carbocycles. The molecule has 5 heteroatoms. The molecule has 1 heterocycles. The highest BCUT2D eigenvalue weighted by Crippen LogP contribution is 2.27. The van der Waals surface area contributed by atoms with E-state index in [0.717, 1.165) is 25.9 Å². The molecule has 0 radical (unpaired) electrons. The number of nitrogens with zero attached hydrogens (tertiary/aromatic N) is 1. The van der Waals surface area contributed by atoms with Crippen LogP contribution in [-0.2, 0) is 14.3 Å². The minimum Gasteiger partial charge on any atom is -0.384 e. The van der Waals surface area contributed by atoms with Gasteiger partial charge in [-0.2, -0.15) is 0 Å². The lowest BCUT2D eigenvalue weighted by Crippen LogP contribution is -2.44. The Morgan fingerprint density at radius 2 is 1.86 bits per heavy atom. The monoisotopic (exact) mass is 310 g/mol. The average Bonchev–Trinajstić information content (AvgIpc) is 3.04. The normalized spacial score (nSPS) is 22.8. The maximum Gasteiger partial charge on any atom is 0.224 e. The molecule has 1 N–H and O–H groups in total. The molecular formula is C17H30N2O3. The fourth-order valence-electron chi connectivity index (χ4n) is 3.61. The minimum absolute atomic E-state index is 0.170. The molecule has 2 amide bonds. The molecule has 22 heavy (non-hydrogen) atoms. The van der Waals surface area contributed by atoms with Crippen molar-refractivity contribution in [1.82, 2.24) is 10.2 Å². The van der Waals surface area contributed by atoms with Gasteiger partial charge in [0.2, 0.25) is 11.8 Å². The third kappa shape index (κ3) is 5.59. The fourth-order valence-corrected chi connectivity index (χ4v) is 3.61. The summed E-state index contributed by atoms with van der Waals surface area (Å²) in [5, 5.41) is 3.08. The molecule has 1 atom stereocenters. The largest absolute Gasteiger partial charge is 0.384 e. The molecule has 0 spiro atoms. The van der Waals surface area contributed by atoms with E-state index in [2.05, 4.69) is 5.32 Å². The number of hydrogen-bond acceptors (Lipinski definition) is 3. The topological polar surface area (TPSA) is 58.6 Å². The number of amides is 2. The predicted octanol–water partition coefficient (Wildman–Crippen LogP) is 1.96. The second kappa shape index (κ2) is 9.13. The molecule has 1 unspecified atom stereocenters. The van der Waals surface area contributed by atoms with Gasteiger partial charge < -0.3 is 15.0 Å². The zero-order valence-electron chi connectivity index (χ0n) is 13.8. The number of hydrogen-bond donors (Lipinski definition) is 1. The fraction of sp³-hybridized carbons (Fsp3) is 0.882. The molecule has 2 rings (SSSR count). The van der Waals surface area contributed by atoms with Gasteiger partial charge in [-0.05, 0) is 37.5 Å². The Morgan fingerprint density at radius 3 is 2.59 bits per heavy atom. The molecule has 0 aromatic heterocycles. The van der Waals surface area contributed by atoms with Crippen LogP contribution < -0.4 is 5.32 Å². The molecular weight excluding hydrogens is 280 g/mol. The van der Waals surface area contributed by atoms with Crippen LogP contribution in [0.2, 0.25) is 0 Å². The van der Waals surface area contributed by atoms with Crippen LogP contribution in [0.5, 0.6) is 0 Å². The first-order valence-electron chi connectivity index (χ1n) is 8.72. The van der Waals surface area contributed by atoms with Crippen LogP contribution in [-0.4, -0.2) is 50.1 Å². The summed E-state index contributed by atoms with van der Waals surface area (Å²) in [6.45, 7) is 2.80. The van der Waals surface area contributed by atoms with Gasteiger partial charge in [-0.1, -0.05) is 12.8 Å². The summed E-state index contributed by atoms with van der Waals surface area (Å²) in [6, 6.07) is 0. The second-order valence-corrected chi connectivity index (χ2v) is 6.75. The van der Waals surface area contributed by atoms with Crippen molar-refractivity contribution in [2.24, 2.45) is 11.8 Å². The zero-order chi connectivity index (χ0) is 15.8. The van der Waals surface area contributed by atoms with E-state index in [1.54, 1.807) is 7.11 Å². The maximum atomic E-state index is 12.0. The van der Waals surface area contributed by atoms with Gasteiger partial charge in [0.25, 0.3) is 0 Å². The van der Waals surface area contributed by atoms with Crippen LogP contribution >= 0.6 is 0 Å². The van der Waals surface area contributed by atoms with Crippen molar-refractivity contribution in [3.05, 3.63) is 0 Å². The van der Waals surface area contributed by atoms with Gasteiger partial charge in [-0.3, -0.25) is 9.59 Å². The van der Waals surface area contributed by atoms with Crippen molar-refractivity contribution < 1.29 is 14.3 Å². The highest BCUT2D eigenvalue weighted by atomic mass is 16.5. The molecule has 5 nitrogen and oxygen atoms in total. The summed E-state index contributed by atoms with van der Waals surface area (Å²) in [6.07, 6.45) is 8.23. The number of carbonyl (C=O) groups is 2. The summed E-state index contributed by atoms with van der Waals surface area (Å²) >= 11 is 0. The zero-order valence-corrected chi connectivity index (χ0v) is 13.8. The molecule has 126 valence electrons. The van der Waals surface area contributed by atoms with Crippen LogP contribution in [0, 0.1) is 11.8 Å². The smallest absolute Gasteiger partial charge is 0.224 e. The van der Waals surface area contributed by atoms with Crippen molar-refractivity contribution in [2.45, 2.75) is 51.4 Å². The summed E-state index contributed by atoms with van der Waals surface area (Å²) in [5.41, 5.74) is 0. The molecule has 1 aliphatic carbocycles. The lowest BCUT2D eigenvalue weighted by Gasteiger charge is -2.33. The minimum atomic E-state index is 0.170. The van der Waals surface area contributed by atoms with Crippen molar-refractivity contribution in [2.75, 3.05) is 33.4 Å². The molecule has 2 fully saturated rings. The van der Waals surface area contributed by atoms with Gasteiger partial charge in [-0.15, -0.1) is 0 Å². The Kier molecular flexibility index (Phi) is 7.16. The van der Waals surface area contributed by atoms with E-state index < -0.39 is 0 Å². The summed E-state index contributed by atoms with van der Waals surface area (Å²) < 4.78 is 4.97. The number of rotatable bonds is 7. The predicted molar refractivity (Wildman–Crippen MR) is 85.4 cm³/mol. The highest BCUT2D eigenvalue weighted by molar-refractivity contribution is 5.77. The van der Waals surface area contributed by atoms with Gasteiger partial charge in [0.1, 0.15) is 0 Å². The maximum absolute atomic E-state index is 12.0. The number of nitrogens with one attached hydrogen (secondary N) is 1. The molecule has 0 aromatic carbocycles. The summed E-state index contributed by atoms with van der Waals surface area (Å²) in [7, 11) is 1.62. The first kappa shape index (κ1) is 17.3. The first-order valence-corrected chi connectivity index (χ1v) is 8.72. The van der Waals surface area contributed by atoms with Crippen LogP contribution in [0.4, 0.5) is 0 Å². The van der Waals surface area contributed by atoms with E-state index in [4.69, 9.17) is 4.74 Å². The number of ether oxygens (including phenoxy) is 1. The van der Waals surface area contributed by atoms with E-state index in [1.165, 1.54) is 25.7 Å². The Bertz CT molecular complexity index is 367. The summed E-state index contributed by atoms with van der Waals surface area (Å²) in [4.78, 5) is 25.9. The third-order valence-corrected chi connectivity index (χ3v) is 4.93. The van der Waals surface area contributed by atoms with E-state index in [1.807, 2.05) is 4.90 Å². The lowest BCUT2D eigenvalue weighted by atomic mass is 9.97. The van der Waals surface area contributed by atoms with E-state index in [9.17, 15) is 9.59 Å². The Hall–Kier alpha value is -1.10. The molecule has 1 saturated heterocycles. The molecule has 0 bridgehead atoms. The van der Waals surface area contributed by atoms with Gasteiger partial charge in [0.05, 0.1) is 13.0 Å². The van der Waals surface area contributed by atoms with Crippen LogP contribution in [0.25, 0.3) is 0 Å². The summed E-state index contributed by atoms with van der Waals surface area (Å²) in [5.74, 6) is 1.35. The van der Waals surface area contributed by atoms with Crippen LogP contribution in [0.15, 0.2) is 0 Å². The van der Waals surface area contributed by atoms with Crippen LogP contribution in [0.3, 0.4) is 0 Å². The number of methoxy groups -OCH3 is 1. The van der Waals surface area contributed by atoms with Crippen molar-refractivity contribution in [3.8, 4) is 0 Å². The average molecular weight is 310 g/mol. The van der Waals surface area contributed by atoms with Crippen LogP contribution in [0.1, 0.15) is 51.4 Å². The lowest BCUT2D eigenvalue weighted by molar-refractivity contribution is -0.133. The first-order chi connectivity index (χ1) is 10.7. The van der Waals surface area contributed by atoms with Gasteiger partial charge in [0.15, 0.2) is 0 Å². The van der Waals surface area contributed by atoms with E-state index >= 15 is 0 Å². The number of carbonyl (C=O) groups excluding carboxylic acids is 2. The van der Waals surface area contributed by atoms with E-state index in [0.29, 0.717) is 37.8 Å². The molecule has 1 aliphatic heterocycles. The quantitative estimate of drug-likeness (QED) is 0.782. The Labute approximate surface area is 133 Å². The SMILES string of the molecule is COCCC(=O)N1CCCC(CNC(=O)CC2CCCC2)C1. The van der Waals surface area contributed by atoms with E-state index in [-0.39, 0.29) is 11.8 Å². The van der Waals surface area contributed by atoms with Crippen molar-refractivity contribution >= 4 is 11.8 Å². The number of likely N-dealkylation sites (tertiary alicyclic amines) is 1. The number of piperidine rings is 1. The second-order valence-electron chi connectivity index (χ2n) is 6.75. The van der Waals surface area contributed by atoms with Crippen molar-refractivity contribution in [1.29, 1.82) is 0 Å². The van der Waals surface area contributed by atoms with Gasteiger partial charge in [0, 0.05) is 33.2 Å². The molecule has 2 aliphatic rings. The standard InChI is InChI=1S/C17H30N2O3/c1-22-10-8-17(21)19-9-4-7-15(13-19)12-18-16(20)11-14-5-2-3-6-14/h14-15H,2-13H2,1H3,(H,18,20). The van der Waals surface area contributed by atoms with Gasteiger partial charge >= 0.3 is 0 Å².